The van der Waals surface area contributed by atoms with Crippen molar-refractivity contribution in [1.29, 1.82) is 10.5 Å². The first-order chi connectivity index (χ1) is 21.7. The van der Waals surface area contributed by atoms with E-state index in [1.807, 2.05) is 0 Å². The Balaban J connectivity index is 1.81. The number of rotatable bonds is 8. The molecule has 0 fully saturated rings. The SMILES string of the molecule is Cc1cccc(NS(=O)(=O)c2cc3c(c([N+](=O)[O-])c2)-c2c(cc(S(=O)(=O)Nc4cccc(C)c4)cc2[N+](=O)[O-])C3=C(C#N)C#N)c1. The molecular formula is C30H20N6O8S2. The maximum Gasteiger partial charge on any atom is 0.279 e. The van der Waals surface area contributed by atoms with Gasteiger partial charge in [-0.1, -0.05) is 24.3 Å². The van der Waals surface area contributed by atoms with Crippen LogP contribution >= 0.6 is 0 Å². The summed E-state index contributed by atoms with van der Waals surface area (Å²) in [4.78, 5) is 21.6. The number of nitrogens with zero attached hydrogens (tertiary/aromatic N) is 4. The summed E-state index contributed by atoms with van der Waals surface area (Å²) in [6, 6.07) is 19.1. The second-order valence-electron chi connectivity index (χ2n) is 10.2. The fourth-order valence-electron chi connectivity index (χ4n) is 5.12. The topological polar surface area (TPSA) is 226 Å². The van der Waals surface area contributed by atoms with Crippen LogP contribution in [0.5, 0.6) is 0 Å². The lowest BCUT2D eigenvalue weighted by atomic mass is 9.99. The molecule has 16 heteroatoms. The molecule has 0 bridgehead atoms. The molecule has 0 radical (unpaired) electrons. The second-order valence-corrected chi connectivity index (χ2v) is 13.5. The molecule has 0 aromatic heterocycles. The van der Waals surface area contributed by atoms with Crippen molar-refractivity contribution in [1.82, 2.24) is 0 Å². The largest absolute Gasteiger partial charge is 0.280 e. The van der Waals surface area contributed by atoms with Gasteiger partial charge in [-0.2, -0.15) is 10.5 Å². The summed E-state index contributed by atoms with van der Waals surface area (Å²) in [5.41, 5.74) is -2.75. The number of fused-ring (bicyclic) bond motifs is 3. The molecule has 0 aliphatic heterocycles. The molecular weight excluding hydrogens is 636 g/mol. The Hall–Kier alpha value is -6.10. The predicted molar refractivity (Wildman–Crippen MR) is 166 cm³/mol. The molecule has 0 saturated heterocycles. The molecule has 14 nitrogen and oxygen atoms in total. The maximum atomic E-state index is 13.5. The third kappa shape index (κ3) is 5.61. The molecule has 230 valence electrons. The van der Waals surface area contributed by atoms with E-state index >= 15 is 0 Å². The Morgan fingerprint density at radius 1 is 0.674 bits per heavy atom. The van der Waals surface area contributed by atoms with Gasteiger partial charge in [-0.25, -0.2) is 16.8 Å². The Morgan fingerprint density at radius 2 is 1.07 bits per heavy atom. The summed E-state index contributed by atoms with van der Waals surface area (Å²) in [6.45, 7) is 3.44. The number of nitrogens with one attached hydrogen (secondary N) is 2. The van der Waals surface area contributed by atoms with E-state index in [1.54, 1.807) is 50.3 Å². The Bertz CT molecular complexity index is 2190. The lowest BCUT2D eigenvalue weighted by molar-refractivity contribution is -0.386. The standard InChI is InChI=1S/C30H20N6O8S2/c1-17-5-3-7-20(9-17)33-45(41,42)22-11-24-28(19(15-31)16-32)25-12-23(46(43,44)34-21-8-4-6-18(2)10-21)14-27(36(39)40)30(25)29(24)26(13-22)35(37)38/h3-14,33-34H,1-2H3. The smallest absolute Gasteiger partial charge is 0.279 e. The highest BCUT2D eigenvalue weighted by Crippen LogP contribution is 2.54. The molecule has 0 spiro atoms. The van der Waals surface area contributed by atoms with Gasteiger partial charge in [0.25, 0.3) is 31.4 Å². The monoisotopic (exact) mass is 656 g/mol. The van der Waals surface area contributed by atoms with Crippen LogP contribution < -0.4 is 9.44 Å². The molecule has 0 heterocycles. The fourth-order valence-corrected chi connectivity index (χ4v) is 7.31. The first-order valence-corrected chi connectivity index (χ1v) is 16.0. The Morgan fingerprint density at radius 3 is 1.39 bits per heavy atom. The van der Waals surface area contributed by atoms with E-state index in [2.05, 4.69) is 9.44 Å². The summed E-state index contributed by atoms with van der Waals surface area (Å²) in [5, 5.41) is 44.4. The minimum absolute atomic E-state index is 0.142. The number of benzene rings is 4. The molecule has 0 unspecified atom stereocenters. The van der Waals surface area contributed by atoms with Crippen LogP contribution in [-0.2, 0) is 20.0 Å². The van der Waals surface area contributed by atoms with Crippen molar-refractivity contribution in [3.63, 3.8) is 0 Å². The lowest BCUT2D eigenvalue weighted by Gasteiger charge is -2.11. The van der Waals surface area contributed by atoms with Crippen molar-refractivity contribution in [3.05, 3.63) is 121 Å². The molecule has 46 heavy (non-hydrogen) atoms. The molecule has 5 rings (SSSR count). The second kappa shape index (κ2) is 11.4. The van der Waals surface area contributed by atoms with Gasteiger partial charge in [0.2, 0.25) is 0 Å². The van der Waals surface area contributed by atoms with Crippen molar-refractivity contribution < 1.29 is 26.7 Å². The minimum Gasteiger partial charge on any atom is -0.280 e. The molecule has 0 atom stereocenters. The Kier molecular flexibility index (Phi) is 7.79. The molecule has 0 saturated carbocycles. The quantitative estimate of drug-likeness (QED) is 0.120. The number of allylic oxidation sites excluding steroid dienone is 1. The zero-order valence-electron chi connectivity index (χ0n) is 23.8. The van der Waals surface area contributed by atoms with E-state index in [4.69, 9.17) is 0 Å². The van der Waals surface area contributed by atoms with Crippen LogP contribution in [0.2, 0.25) is 0 Å². The van der Waals surface area contributed by atoms with Gasteiger partial charge in [-0.3, -0.25) is 29.7 Å². The van der Waals surface area contributed by atoms with E-state index in [0.29, 0.717) is 23.3 Å². The van der Waals surface area contributed by atoms with Crippen molar-refractivity contribution in [2.75, 3.05) is 9.44 Å². The van der Waals surface area contributed by atoms with Gasteiger partial charge in [0.1, 0.15) is 17.7 Å². The van der Waals surface area contributed by atoms with Gasteiger partial charge in [0.15, 0.2) is 0 Å². The van der Waals surface area contributed by atoms with Crippen molar-refractivity contribution in [2.45, 2.75) is 23.6 Å². The number of sulfonamides is 2. The summed E-state index contributed by atoms with van der Waals surface area (Å²) >= 11 is 0. The van der Waals surface area contributed by atoms with Gasteiger partial charge in [-0.15, -0.1) is 0 Å². The summed E-state index contributed by atoms with van der Waals surface area (Å²) < 4.78 is 58.5. The first kappa shape index (κ1) is 31.3. The highest BCUT2D eigenvalue weighted by atomic mass is 32.2. The van der Waals surface area contributed by atoms with Gasteiger partial charge in [0.05, 0.1) is 30.8 Å². The van der Waals surface area contributed by atoms with Crippen LogP contribution in [0.25, 0.3) is 16.7 Å². The normalized spacial score (nSPS) is 11.9. The van der Waals surface area contributed by atoms with Crippen LogP contribution in [-0.4, -0.2) is 26.7 Å². The number of nitriles is 2. The number of anilines is 2. The average Bonchev–Trinajstić information content (AvgIpc) is 3.30. The van der Waals surface area contributed by atoms with E-state index in [9.17, 15) is 47.6 Å². The predicted octanol–water partition coefficient (Wildman–Crippen LogP) is 5.55. The van der Waals surface area contributed by atoms with Crippen molar-refractivity contribution in [3.8, 4) is 23.3 Å². The molecule has 4 aromatic carbocycles. The van der Waals surface area contributed by atoms with Gasteiger partial charge in [0, 0.05) is 40.2 Å². The van der Waals surface area contributed by atoms with Crippen LogP contribution in [0, 0.1) is 56.7 Å². The average molecular weight is 657 g/mol. The zero-order chi connectivity index (χ0) is 33.6. The number of hydrogen-bond acceptors (Lipinski definition) is 10. The van der Waals surface area contributed by atoms with Gasteiger partial charge < -0.3 is 0 Å². The lowest BCUT2D eigenvalue weighted by Crippen LogP contribution is -2.14. The van der Waals surface area contributed by atoms with Gasteiger partial charge in [-0.05, 0) is 61.4 Å². The number of hydrogen-bond donors (Lipinski definition) is 2. The van der Waals surface area contributed by atoms with E-state index in [1.165, 1.54) is 24.3 Å². The maximum absolute atomic E-state index is 13.5. The van der Waals surface area contributed by atoms with Crippen LogP contribution in [0.3, 0.4) is 0 Å². The summed E-state index contributed by atoms with van der Waals surface area (Å²) in [7, 11) is -9.07. The third-order valence-electron chi connectivity index (χ3n) is 7.00. The molecule has 1 aliphatic carbocycles. The summed E-state index contributed by atoms with van der Waals surface area (Å²) in [6.07, 6.45) is 0. The fraction of sp³-hybridized carbons (Fsp3) is 0.0667. The Labute approximate surface area is 262 Å². The minimum atomic E-state index is -4.54. The number of nitro groups is 2. The first-order valence-electron chi connectivity index (χ1n) is 13.1. The van der Waals surface area contributed by atoms with Crippen molar-refractivity contribution >= 4 is 48.4 Å². The molecule has 4 aromatic rings. The van der Waals surface area contributed by atoms with E-state index in [-0.39, 0.29) is 22.5 Å². The van der Waals surface area contributed by atoms with Crippen LogP contribution in [0.4, 0.5) is 22.7 Å². The molecule has 1 aliphatic rings. The molecule has 2 N–H and O–H groups in total. The molecule has 0 amide bonds. The summed E-state index contributed by atoms with van der Waals surface area (Å²) in [5.74, 6) is 0. The highest BCUT2D eigenvalue weighted by Gasteiger charge is 2.41. The van der Waals surface area contributed by atoms with E-state index < -0.39 is 73.3 Å². The third-order valence-corrected chi connectivity index (χ3v) is 9.72. The van der Waals surface area contributed by atoms with Crippen LogP contribution in [0.15, 0.2) is 88.2 Å². The number of aryl methyl sites for hydroxylation is 2. The van der Waals surface area contributed by atoms with Crippen molar-refractivity contribution in [2.24, 2.45) is 0 Å². The zero-order valence-corrected chi connectivity index (χ0v) is 25.4. The van der Waals surface area contributed by atoms with Gasteiger partial charge >= 0.3 is 0 Å². The van der Waals surface area contributed by atoms with Crippen LogP contribution in [0.1, 0.15) is 22.3 Å². The van der Waals surface area contributed by atoms with E-state index in [0.717, 1.165) is 12.1 Å². The number of nitro benzene ring substituents is 2. The highest BCUT2D eigenvalue weighted by molar-refractivity contribution is 7.93.